The molecular formula is C31H33NO3. The van der Waals surface area contributed by atoms with Crippen LogP contribution in [-0.4, -0.2) is 24.2 Å². The summed E-state index contributed by atoms with van der Waals surface area (Å²) in [6, 6.07) is 25.7. The van der Waals surface area contributed by atoms with Crippen molar-refractivity contribution in [3.63, 3.8) is 0 Å². The fourth-order valence-electron chi connectivity index (χ4n) is 5.50. The highest BCUT2D eigenvalue weighted by Gasteiger charge is 2.33. The van der Waals surface area contributed by atoms with Gasteiger partial charge in [0.2, 0.25) is 0 Å². The monoisotopic (exact) mass is 467 g/mol. The Labute approximate surface area is 207 Å². The van der Waals surface area contributed by atoms with Gasteiger partial charge in [-0.1, -0.05) is 73.9 Å². The van der Waals surface area contributed by atoms with Gasteiger partial charge in [0.1, 0.15) is 12.0 Å². The molecule has 1 saturated carbocycles. The standard InChI is InChI=1S/C31H33NO3/c1-35-27-18-14-24(15-19-27)28-20-30(33)32(21-29(28)31(34)25-10-6-3-7-11-25)26-16-12-23(13-17-26)22-8-4-2-5-9-22/h3,6-7,10-19,21-22,28,30,33H,2,4-5,8-9,20H2,1H3/t28-,30+/m0/s1. The van der Waals surface area contributed by atoms with E-state index in [9.17, 15) is 9.90 Å². The van der Waals surface area contributed by atoms with Crippen molar-refractivity contribution in [3.05, 3.63) is 107 Å². The van der Waals surface area contributed by atoms with Gasteiger partial charge in [0, 0.05) is 35.4 Å². The Morgan fingerprint density at radius 1 is 0.857 bits per heavy atom. The lowest BCUT2D eigenvalue weighted by molar-refractivity contribution is 0.101. The molecule has 0 unspecified atom stereocenters. The molecule has 35 heavy (non-hydrogen) atoms. The van der Waals surface area contributed by atoms with Gasteiger partial charge in [-0.3, -0.25) is 4.79 Å². The van der Waals surface area contributed by atoms with Crippen LogP contribution in [0.25, 0.3) is 0 Å². The highest BCUT2D eigenvalue weighted by atomic mass is 16.5. The largest absolute Gasteiger partial charge is 0.497 e. The molecule has 3 aromatic rings. The van der Waals surface area contributed by atoms with E-state index in [1.54, 1.807) is 7.11 Å². The predicted octanol–water partition coefficient (Wildman–Crippen LogP) is 6.82. The molecule has 0 aromatic heterocycles. The molecule has 1 heterocycles. The van der Waals surface area contributed by atoms with Gasteiger partial charge in [-0.25, -0.2) is 0 Å². The molecule has 180 valence electrons. The zero-order valence-electron chi connectivity index (χ0n) is 20.3. The third-order valence-corrected chi connectivity index (χ3v) is 7.51. The van der Waals surface area contributed by atoms with E-state index in [0.29, 0.717) is 23.5 Å². The maximum atomic E-state index is 13.6. The van der Waals surface area contributed by atoms with E-state index in [-0.39, 0.29) is 11.7 Å². The SMILES string of the molecule is COc1ccc([C@@H]2C[C@@H](O)N(c3ccc(C4CCCCC4)cc3)C=C2C(=O)c2ccccc2)cc1. The summed E-state index contributed by atoms with van der Waals surface area (Å²) in [6.07, 6.45) is 8.02. The number of benzene rings is 3. The molecule has 0 radical (unpaired) electrons. The first kappa shape index (κ1) is 23.4. The van der Waals surface area contributed by atoms with E-state index in [1.807, 2.05) is 65.7 Å². The Morgan fingerprint density at radius 3 is 2.17 bits per heavy atom. The zero-order chi connectivity index (χ0) is 24.2. The van der Waals surface area contributed by atoms with Crippen LogP contribution in [0.5, 0.6) is 5.75 Å². The van der Waals surface area contributed by atoms with E-state index < -0.39 is 6.23 Å². The van der Waals surface area contributed by atoms with Crippen LogP contribution in [0, 0.1) is 0 Å². The summed E-state index contributed by atoms with van der Waals surface area (Å²) >= 11 is 0. The molecule has 2 aliphatic rings. The Morgan fingerprint density at radius 2 is 1.51 bits per heavy atom. The number of hydrogen-bond donors (Lipinski definition) is 1. The van der Waals surface area contributed by atoms with Crippen molar-refractivity contribution in [3.8, 4) is 5.75 Å². The number of aliphatic hydroxyl groups excluding tert-OH is 1. The number of ketones is 1. The summed E-state index contributed by atoms with van der Waals surface area (Å²) in [5.41, 5.74) is 4.61. The van der Waals surface area contributed by atoms with Crippen molar-refractivity contribution < 1.29 is 14.6 Å². The molecule has 1 fully saturated rings. The minimum atomic E-state index is -0.727. The average Bonchev–Trinajstić information content (AvgIpc) is 2.93. The van der Waals surface area contributed by atoms with Crippen molar-refractivity contribution in [2.24, 2.45) is 0 Å². The van der Waals surface area contributed by atoms with Crippen LogP contribution in [-0.2, 0) is 0 Å². The highest BCUT2D eigenvalue weighted by molar-refractivity contribution is 6.10. The first-order valence-electron chi connectivity index (χ1n) is 12.7. The summed E-state index contributed by atoms with van der Waals surface area (Å²) in [6.45, 7) is 0. The van der Waals surface area contributed by atoms with Crippen molar-refractivity contribution in [2.75, 3.05) is 12.0 Å². The Hall–Kier alpha value is -3.37. The number of carbonyl (C=O) groups excluding carboxylic acids is 1. The molecule has 0 bridgehead atoms. The number of rotatable bonds is 6. The summed E-state index contributed by atoms with van der Waals surface area (Å²) < 4.78 is 5.31. The summed E-state index contributed by atoms with van der Waals surface area (Å²) in [5, 5.41) is 11.2. The van der Waals surface area contributed by atoms with Crippen LogP contribution in [0.3, 0.4) is 0 Å². The molecule has 0 spiro atoms. The second-order valence-corrected chi connectivity index (χ2v) is 9.66. The minimum absolute atomic E-state index is 0.0119. The van der Waals surface area contributed by atoms with Crippen molar-refractivity contribution >= 4 is 11.5 Å². The first-order chi connectivity index (χ1) is 17.1. The molecule has 4 nitrogen and oxygen atoms in total. The summed E-state index contributed by atoms with van der Waals surface area (Å²) in [5.74, 6) is 1.18. The lowest BCUT2D eigenvalue weighted by atomic mass is 9.81. The number of aliphatic hydroxyl groups is 1. The third-order valence-electron chi connectivity index (χ3n) is 7.51. The van der Waals surface area contributed by atoms with Crippen LogP contribution in [0.1, 0.15) is 71.8 Å². The van der Waals surface area contributed by atoms with Crippen molar-refractivity contribution in [1.82, 2.24) is 0 Å². The van der Waals surface area contributed by atoms with Gasteiger partial charge in [0.05, 0.1) is 7.11 Å². The Kier molecular flexibility index (Phi) is 7.01. The van der Waals surface area contributed by atoms with Gasteiger partial charge < -0.3 is 14.7 Å². The molecule has 5 rings (SSSR count). The third kappa shape index (κ3) is 5.03. The first-order valence-corrected chi connectivity index (χ1v) is 12.7. The van der Waals surface area contributed by atoms with Crippen molar-refractivity contribution in [2.45, 2.75) is 56.6 Å². The zero-order valence-corrected chi connectivity index (χ0v) is 20.3. The number of allylic oxidation sites excluding steroid dienone is 1. The lowest BCUT2D eigenvalue weighted by Gasteiger charge is -2.36. The summed E-state index contributed by atoms with van der Waals surface area (Å²) in [4.78, 5) is 15.5. The van der Waals surface area contributed by atoms with Crippen LogP contribution in [0.2, 0.25) is 0 Å². The molecule has 1 aliphatic heterocycles. The van der Waals surface area contributed by atoms with E-state index in [2.05, 4.69) is 24.3 Å². The molecular weight excluding hydrogens is 434 g/mol. The maximum Gasteiger partial charge on any atom is 0.191 e. The smallest absolute Gasteiger partial charge is 0.191 e. The molecule has 2 atom stereocenters. The van der Waals surface area contributed by atoms with Crippen LogP contribution >= 0.6 is 0 Å². The normalized spacial score (nSPS) is 20.9. The van der Waals surface area contributed by atoms with Gasteiger partial charge in [-0.15, -0.1) is 0 Å². The topological polar surface area (TPSA) is 49.8 Å². The number of Topliss-reactive ketones (excluding diaryl/α,β-unsaturated/α-hetero) is 1. The lowest BCUT2D eigenvalue weighted by Crippen LogP contribution is -2.38. The molecule has 1 N–H and O–H groups in total. The second kappa shape index (κ2) is 10.5. The summed E-state index contributed by atoms with van der Waals surface area (Å²) in [7, 11) is 1.64. The molecule has 3 aromatic carbocycles. The van der Waals surface area contributed by atoms with E-state index in [4.69, 9.17) is 4.74 Å². The fraction of sp³-hybridized carbons (Fsp3) is 0.323. The fourth-order valence-corrected chi connectivity index (χ4v) is 5.50. The van der Waals surface area contributed by atoms with Gasteiger partial charge in [0.15, 0.2) is 5.78 Å². The van der Waals surface area contributed by atoms with E-state index in [1.165, 1.54) is 37.7 Å². The van der Waals surface area contributed by atoms with E-state index in [0.717, 1.165) is 17.0 Å². The van der Waals surface area contributed by atoms with Crippen LogP contribution < -0.4 is 9.64 Å². The average molecular weight is 468 g/mol. The molecule has 4 heteroatoms. The van der Waals surface area contributed by atoms with Gasteiger partial charge >= 0.3 is 0 Å². The molecule has 0 amide bonds. The van der Waals surface area contributed by atoms with E-state index >= 15 is 0 Å². The van der Waals surface area contributed by atoms with Crippen LogP contribution in [0.4, 0.5) is 5.69 Å². The quantitative estimate of drug-likeness (QED) is 0.404. The number of carbonyl (C=O) groups is 1. The van der Waals surface area contributed by atoms with Crippen LogP contribution in [0.15, 0.2) is 90.6 Å². The molecule has 1 aliphatic carbocycles. The number of hydrogen-bond acceptors (Lipinski definition) is 4. The number of nitrogens with zero attached hydrogens (tertiary/aromatic N) is 1. The molecule has 0 saturated heterocycles. The van der Waals surface area contributed by atoms with Gasteiger partial charge in [0.25, 0.3) is 0 Å². The van der Waals surface area contributed by atoms with Gasteiger partial charge in [-0.2, -0.15) is 0 Å². The van der Waals surface area contributed by atoms with Crippen molar-refractivity contribution in [1.29, 1.82) is 0 Å². The Balaban J connectivity index is 1.49. The predicted molar refractivity (Wildman–Crippen MR) is 140 cm³/mol. The maximum absolute atomic E-state index is 13.6. The minimum Gasteiger partial charge on any atom is -0.497 e. The highest BCUT2D eigenvalue weighted by Crippen LogP contribution is 2.39. The Bertz CT molecular complexity index is 1160. The number of anilines is 1. The van der Waals surface area contributed by atoms with Gasteiger partial charge in [-0.05, 0) is 54.2 Å². The number of ether oxygens (including phenoxy) is 1. The number of methoxy groups -OCH3 is 1. The second-order valence-electron chi connectivity index (χ2n) is 9.66.